The van der Waals surface area contributed by atoms with Gasteiger partial charge in [-0.3, -0.25) is 4.90 Å². The monoisotopic (exact) mass is 143 g/mol. The molecule has 0 aromatic heterocycles. The summed E-state index contributed by atoms with van der Waals surface area (Å²) in [7, 11) is 0. The maximum Gasteiger partial charge on any atom is 0.135 e. The molecule has 0 aliphatic carbocycles. The number of thiocarbonyl (C=S) groups is 1. The Morgan fingerprint density at radius 1 is 1.44 bits per heavy atom. The molecule has 0 aromatic rings. The van der Waals surface area contributed by atoms with Gasteiger partial charge in [0.2, 0.25) is 0 Å². The lowest BCUT2D eigenvalue weighted by Gasteiger charge is -2.12. The fraction of sp³-hybridized carbons (Fsp3) is 0.833. The number of nitrogens with one attached hydrogen (secondary N) is 1. The van der Waals surface area contributed by atoms with Gasteiger partial charge < -0.3 is 5.32 Å². The molecule has 1 aliphatic heterocycles. The molecule has 0 bridgehead atoms. The summed E-state index contributed by atoms with van der Waals surface area (Å²) >= 11 is 4.50. The van der Waals surface area contributed by atoms with Crippen LogP contribution in [0, 0.1) is 0 Å². The van der Waals surface area contributed by atoms with E-state index in [9.17, 15) is 0 Å². The van der Waals surface area contributed by atoms with Crippen LogP contribution < -0.4 is 5.32 Å². The van der Waals surface area contributed by atoms with Crippen LogP contribution >= 0.6 is 12.2 Å². The Kier molecular flexibility index (Phi) is 2.94. The predicted octanol–water partition coefficient (Wildman–Crippen LogP) is 0.464. The van der Waals surface area contributed by atoms with Gasteiger partial charge in [-0.05, 0) is 25.9 Å². The molecule has 0 saturated carbocycles. The van der Waals surface area contributed by atoms with Crippen LogP contribution in [0.2, 0.25) is 0 Å². The molecule has 1 radical (unpaired) electrons. The lowest BCUT2D eigenvalue weighted by molar-refractivity contribution is 0.335. The summed E-state index contributed by atoms with van der Waals surface area (Å²) in [6, 6.07) is 0. The van der Waals surface area contributed by atoms with E-state index in [1.165, 1.54) is 25.9 Å². The summed E-state index contributed by atoms with van der Waals surface area (Å²) in [6.45, 7) is 3.30. The number of hydrogen-bond donors (Lipinski definition) is 1. The molecular weight excluding hydrogens is 132 g/mol. The molecule has 0 spiro atoms. The van der Waals surface area contributed by atoms with E-state index in [0.29, 0.717) is 0 Å². The third-order valence-corrected chi connectivity index (χ3v) is 1.72. The third kappa shape index (κ3) is 2.28. The normalized spacial score (nSPS) is 20.0. The molecule has 2 nitrogen and oxygen atoms in total. The first kappa shape index (κ1) is 6.96. The summed E-state index contributed by atoms with van der Waals surface area (Å²) in [5.41, 5.74) is 2.49. The van der Waals surface area contributed by atoms with Crippen molar-refractivity contribution >= 4 is 17.7 Å². The Bertz CT molecular complexity index is 89.1. The first-order valence-corrected chi connectivity index (χ1v) is 3.66. The molecule has 3 heteroatoms. The molecule has 1 N–H and O–H groups in total. The maximum atomic E-state index is 4.50. The van der Waals surface area contributed by atoms with Gasteiger partial charge in [0.15, 0.2) is 0 Å². The van der Waals surface area contributed by atoms with Crippen LogP contribution in [-0.4, -0.2) is 30.1 Å². The quantitative estimate of drug-likeness (QED) is 0.456. The predicted molar refractivity (Wildman–Crippen MR) is 41.4 cm³/mol. The van der Waals surface area contributed by atoms with E-state index >= 15 is 0 Å². The van der Waals surface area contributed by atoms with E-state index in [-0.39, 0.29) is 0 Å². The first-order valence-electron chi connectivity index (χ1n) is 3.26. The van der Waals surface area contributed by atoms with Gasteiger partial charge in [-0.15, -0.1) is 0 Å². The molecule has 9 heavy (non-hydrogen) atoms. The Hall–Kier alpha value is -0.150. The summed E-state index contributed by atoms with van der Waals surface area (Å²) < 4.78 is 0. The fourth-order valence-electron chi connectivity index (χ4n) is 1.08. The van der Waals surface area contributed by atoms with Gasteiger partial charge in [0.1, 0.15) is 5.49 Å². The van der Waals surface area contributed by atoms with E-state index in [2.05, 4.69) is 27.9 Å². The van der Waals surface area contributed by atoms with Crippen LogP contribution in [0.25, 0.3) is 0 Å². The second kappa shape index (κ2) is 3.80. The molecule has 1 saturated heterocycles. The van der Waals surface area contributed by atoms with Crippen LogP contribution in [-0.2, 0) is 0 Å². The zero-order chi connectivity index (χ0) is 6.53. The van der Waals surface area contributed by atoms with Crippen molar-refractivity contribution in [2.75, 3.05) is 19.8 Å². The highest BCUT2D eigenvalue weighted by atomic mass is 32.1. The lowest BCUT2D eigenvalue weighted by atomic mass is 10.4. The van der Waals surface area contributed by atoms with E-state index < -0.39 is 0 Å². The lowest BCUT2D eigenvalue weighted by Crippen LogP contribution is -2.30. The minimum atomic E-state index is 0.878. The summed E-state index contributed by atoms with van der Waals surface area (Å²) in [5, 5.41) is 2.88. The molecular formula is C6H11N2S. The van der Waals surface area contributed by atoms with Crippen molar-refractivity contribution in [3.63, 3.8) is 0 Å². The summed E-state index contributed by atoms with van der Waals surface area (Å²) in [5.74, 6) is 0. The Morgan fingerprint density at radius 2 is 2.11 bits per heavy atom. The Morgan fingerprint density at radius 3 is 2.67 bits per heavy atom. The molecule has 0 amide bonds. The molecule has 1 fully saturated rings. The van der Waals surface area contributed by atoms with Crippen molar-refractivity contribution in [3.8, 4) is 0 Å². The van der Waals surface area contributed by atoms with Gasteiger partial charge in [-0.1, -0.05) is 12.2 Å². The smallest absolute Gasteiger partial charge is 0.135 e. The summed E-state index contributed by atoms with van der Waals surface area (Å²) in [6.07, 6.45) is 2.66. The molecule has 0 atom stereocenters. The molecule has 1 rings (SSSR count). The van der Waals surface area contributed by atoms with Crippen molar-refractivity contribution in [3.05, 3.63) is 0 Å². The average Bonchev–Trinajstić information content (AvgIpc) is 2.34. The highest BCUT2D eigenvalue weighted by Crippen LogP contribution is 2.04. The van der Waals surface area contributed by atoms with Crippen LogP contribution in [0.1, 0.15) is 12.8 Å². The van der Waals surface area contributed by atoms with E-state index in [0.717, 1.165) is 6.67 Å². The molecule has 0 unspecified atom stereocenters. The highest BCUT2D eigenvalue weighted by Gasteiger charge is 2.08. The van der Waals surface area contributed by atoms with E-state index in [1.807, 2.05) is 0 Å². The van der Waals surface area contributed by atoms with Crippen LogP contribution in [0.3, 0.4) is 0 Å². The zero-order valence-electron chi connectivity index (χ0n) is 5.39. The molecule has 0 aromatic carbocycles. The maximum absolute atomic E-state index is 4.50. The second-order valence-electron chi connectivity index (χ2n) is 2.26. The zero-order valence-corrected chi connectivity index (χ0v) is 6.21. The SMILES string of the molecule is S=[C]NCN1CCCC1. The van der Waals surface area contributed by atoms with Crippen LogP contribution in [0.5, 0.6) is 0 Å². The largest absolute Gasteiger partial charge is 0.361 e. The second-order valence-corrected chi connectivity index (χ2v) is 2.47. The van der Waals surface area contributed by atoms with Gasteiger partial charge in [-0.2, -0.15) is 0 Å². The molecule has 51 valence electrons. The minimum absolute atomic E-state index is 0.878. The number of likely N-dealkylation sites (tertiary alicyclic amines) is 1. The Labute approximate surface area is 61.2 Å². The number of rotatable bonds is 3. The van der Waals surface area contributed by atoms with Gasteiger partial charge in [0.25, 0.3) is 0 Å². The van der Waals surface area contributed by atoms with Crippen molar-refractivity contribution < 1.29 is 0 Å². The van der Waals surface area contributed by atoms with Crippen molar-refractivity contribution in [2.45, 2.75) is 12.8 Å². The standard InChI is InChI=1S/C6H11N2S/c9-6-7-5-8-3-1-2-4-8/h1-5H2,(H,7,9). The fourth-order valence-corrected chi connectivity index (χ4v) is 1.15. The van der Waals surface area contributed by atoms with Crippen molar-refractivity contribution in [2.24, 2.45) is 0 Å². The van der Waals surface area contributed by atoms with Crippen LogP contribution in [0.15, 0.2) is 0 Å². The van der Waals surface area contributed by atoms with Crippen LogP contribution in [0.4, 0.5) is 0 Å². The molecule has 1 heterocycles. The first-order chi connectivity index (χ1) is 4.43. The van der Waals surface area contributed by atoms with Gasteiger partial charge in [0, 0.05) is 0 Å². The topological polar surface area (TPSA) is 15.3 Å². The van der Waals surface area contributed by atoms with Crippen molar-refractivity contribution in [1.29, 1.82) is 0 Å². The van der Waals surface area contributed by atoms with Gasteiger partial charge >= 0.3 is 0 Å². The highest BCUT2D eigenvalue weighted by molar-refractivity contribution is 7.78. The van der Waals surface area contributed by atoms with Gasteiger partial charge in [-0.25, -0.2) is 0 Å². The number of hydrogen-bond acceptors (Lipinski definition) is 2. The van der Waals surface area contributed by atoms with E-state index in [1.54, 1.807) is 0 Å². The Balaban J connectivity index is 2.04. The average molecular weight is 143 g/mol. The summed E-state index contributed by atoms with van der Waals surface area (Å²) in [4.78, 5) is 2.33. The van der Waals surface area contributed by atoms with Gasteiger partial charge in [0.05, 0.1) is 6.67 Å². The minimum Gasteiger partial charge on any atom is -0.361 e. The third-order valence-electron chi connectivity index (χ3n) is 1.57. The van der Waals surface area contributed by atoms with E-state index in [4.69, 9.17) is 0 Å². The van der Waals surface area contributed by atoms with Crippen molar-refractivity contribution in [1.82, 2.24) is 10.2 Å². The molecule has 1 aliphatic rings. The number of nitrogens with zero attached hydrogens (tertiary/aromatic N) is 1.